The highest BCUT2D eigenvalue weighted by atomic mass is 32.2. The van der Waals surface area contributed by atoms with Crippen LogP contribution in [0.15, 0.2) is 24.3 Å². The molecule has 2 saturated heterocycles. The second-order valence-corrected chi connectivity index (χ2v) is 9.69. The number of thioether (sulfide) groups is 1. The summed E-state index contributed by atoms with van der Waals surface area (Å²) in [6.07, 6.45) is 7.40. The molecule has 3 amide bonds. The molecule has 1 aromatic rings. The molecule has 3 aliphatic rings. The number of hydrogen-bond donors (Lipinski definition) is 1. The van der Waals surface area contributed by atoms with Crippen LogP contribution in [-0.2, 0) is 4.79 Å². The molecule has 0 unspecified atom stereocenters. The summed E-state index contributed by atoms with van der Waals surface area (Å²) < 4.78 is 5.33. The van der Waals surface area contributed by atoms with E-state index in [1.807, 2.05) is 40.9 Å². The standard InChI is InChI=1S/C22H31N3O3S/c1-28-19-10-6-5-9-18(19)23-21(27)24-13-11-22(12-14-24)25(15-16-29-22)20(26)17-7-3-2-4-8-17/h5-6,9-10,17H,2-4,7-8,11-16H2,1H3,(H,23,27). The third-order valence-electron chi connectivity index (χ3n) is 6.58. The summed E-state index contributed by atoms with van der Waals surface area (Å²) in [5.74, 6) is 2.24. The second-order valence-electron chi connectivity index (χ2n) is 8.24. The van der Waals surface area contributed by atoms with Crippen LogP contribution < -0.4 is 10.1 Å². The quantitative estimate of drug-likeness (QED) is 0.802. The molecule has 29 heavy (non-hydrogen) atoms. The smallest absolute Gasteiger partial charge is 0.321 e. The summed E-state index contributed by atoms with van der Waals surface area (Å²) in [6.45, 7) is 2.19. The fourth-order valence-electron chi connectivity index (χ4n) is 4.91. The van der Waals surface area contributed by atoms with E-state index in [2.05, 4.69) is 10.2 Å². The van der Waals surface area contributed by atoms with Gasteiger partial charge in [0.25, 0.3) is 0 Å². The number of nitrogens with one attached hydrogen (secondary N) is 1. The number of amides is 3. The van der Waals surface area contributed by atoms with Crippen molar-refractivity contribution in [2.75, 3.05) is 37.8 Å². The lowest BCUT2D eigenvalue weighted by molar-refractivity contribution is -0.140. The summed E-state index contributed by atoms with van der Waals surface area (Å²) in [5.41, 5.74) is 0.685. The molecule has 1 aliphatic carbocycles. The van der Waals surface area contributed by atoms with Crippen LogP contribution in [0.1, 0.15) is 44.9 Å². The lowest BCUT2D eigenvalue weighted by atomic mass is 9.87. The summed E-state index contributed by atoms with van der Waals surface area (Å²) in [6, 6.07) is 7.35. The van der Waals surface area contributed by atoms with E-state index in [0.29, 0.717) is 30.4 Å². The van der Waals surface area contributed by atoms with Crippen molar-refractivity contribution >= 4 is 29.4 Å². The molecule has 0 atom stereocenters. The average Bonchev–Trinajstić information content (AvgIpc) is 3.17. The zero-order valence-corrected chi connectivity index (χ0v) is 18.0. The Hall–Kier alpha value is -1.89. The highest BCUT2D eigenvalue weighted by Crippen LogP contribution is 2.45. The zero-order chi connectivity index (χ0) is 20.3. The van der Waals surface area contributed by atoms with Crippen LogP contribution in [0.2, 0.25) is 0 Å². The Morgan fingerprint density at radius 2 is 1.83 bits per heavy atom. The molecule has 0 aromatic heterocycles. The number of ether oxygens (including phenoxy) is 1. The summed E-state index contributed by atoms with van der Waals surface area (Å²) in [7, 11) is 1.60. The van der Waals surface area contributed by atoms with Crippen molar-refractivity contribution in [1.82, 2.24) is 9.80 Å². The minimum atomic E-state index is -0.115. The molecule has 1 aromatic carbocycles. The Morgan fingerprint density at radius 1 is 1.10 bits per heavy atom. The largest absolute Gasteiger partial charge is 0.495 e. The molecule has 2 aliphatic heterocycles. The van der Waals surface area contributed by atoms with Crippen LogP contribution >= 0.6 is 11.8 Å². The fraction of sp³-hybridized carbons (Fsp3) is 0.636. The van der Waals surface area contributed by atoms with Gasteiger partial charge in [-0.25, -0.2) is 4.79 Å². The normalized spacial score (nSPS) is 22.0. The minimum Gasteiger partial charge on any atom is -0.495 e. The van der Waals surface area contributed by atoms with Gasteiger partial charge < -0.3 is 19.9 Å². The third kappa shape index (κ3) is 4.20. The maximum atomic E-state index is 13.2. The number of carbonyl (C=O) groups excluding carboxylic acids is 2. The molecule has 4 rings (SSSR count). The molecule has 0 radical (unpaired) electrons. The van der Waals surface area contributed by atoms with E-state index in [1.54, 1.807) is 7.11 Å². The number of para-hydroxylation sites is 2. The fourth-order valence-corrected chi connectivity index (χ4v) is 6.37. The van der Waals surface area contributed by atoms with Crippen LogP contribution in [0.25, 0.3) is 0 Å². The maximum absolute atomic E-state index is 13.2. The minimum absolute atomic E-state index is 0.0995. The lowest BCUT2D eigenvalue weighted by Crippen LogP contribution is -2.55. The van der Waals surface area contributed by atoms with Crippen molar-refractivity contribution in [3.63, 3.8) is 0 Å². The van der Waals surface area contributed by atoms with Gasteiger partial charge in [-0.15, -0.1) is 11.8 Å². The van der Waals surface area contributed by atoms with Gasteiger partial charge in [0, 0.05) is 31.3 Å². The van der Waals surface area contributed by atoms with E-state index in [9.17, 15) is 9.59 Å². The molecule has 1 saturated carbocycles. The summed E-state index contributed by atoms with van der Waals surface area (Å²) >= 11 is 1.92. The SMILES string of the molecule is COc1ccccc1NC(=O)N1CCC2(CC1)SCCN2C(=O)C1CCCCC1. The van der Waals surface area contributed by atoms with E-state index in [1.165, 1.54) is 19.3 Å². The van der Waals surface area contributed by atoms with Gasteiger partial charge in [0.05, 0.1) is 17.7 Å². The van der Waals surface area contributed by atoms with Crippen LogP contribution in [-0.4, -0.2) is 59.1 Å². The average molecular weight is 418 g/mol. The first-order valence-electron chi connectivity index (χ1n) is 10.8. The van der Waals surface area contributed by atoms with Gasteiger partial charge in [0.2, 0.25) is 5.91 Å². The first kappa shape index (κ1) is 20.4. The first-order chi connectivity index (χ1) is 14.1. The number of piperidine rings is 1. The lowest BCUT2D eigenvalue weighted by Gasteiger charge is -2.45. The molecule has 7 heteroatoms. The molecule has 158 valence electrons. The van der Waals surface area contributed by atoms with Crippen molar-refractivity contribution < 1.29 is 14.3 Å². The van der Waals surface area contributed by atoms with E-state index in [-0.39, 0.29) is 16.8 Å². The molecule has 2 heterocycles. The number of rotatable bonds is 3. The Balaban J connectivity index is 1.37. The van der Waals surface area contributed by atoms with E-state index < -0.39 is 0 Å². The van der Waals surface area contributed by atoms with Gasteiger partial charge in [0.15, 0.2) is 0 Å². The maximum Gasteiger partial charge on any atom is 0.321 e. The predicted molar refractivity (Wildman–Crippen MR) is 116 cm³/mol. The van der Waals surface area contributed by atoms with Gasteiger partial charge in [0.1, 0.15) is 5.75 Å². The highest BCUT2D eigenvalue weighted by Gasteiger charge is 2.48. The first-order valence-corrected chi connectivity index (χ1v) is 11.8. The van der Waals surface area contributed by atoms with Crippen molar-refractivity contribution in [3.05, 3.63) is 24.3 Å². The number of nitrogens with zero attached hydrogens (tertiary/aromatic N) is 2. The molecule has 1 N–H and O–H groups in total. The number of methoxy groups -OCH3 is 1. The van der Waals surface area contributed by atoms with Crippen LogP contribution in [0.5, 0.6) is 5.75 Å². The number of urea groups is 1. The number of carbonyl (C=O) groups is 2. The molecule has 6 nitrogen and oxygen atoms in total. The van der Waals surface area contributed by atoms with Crippen LogP contribution in [0, 0.1) is 5.92 Å². The van der Waals surface area contributed by atoms with Crippen LogP contribution in [0.4, 0.5) is 10.5 Å². The summed E-state index contributed by atoms with van der Waals surface area (Å²) in [5, 5.41) is 2.97. The highest BCUT2D eigenvalue weighted by molar-refractivity contribution is 8.00. The molecular formula is C22H31N3O3S. The zero-order valence-electron chi connectivity index (χ0n) is 17.2. The monoisotopic (exact) mass is 417 g/mol. The predicted octanol–water partition coefficient (Wildman–Crippen LogP) is 4.17. The number of benzene rings is 1. The molecule has 3 fully saturated rings. The van der Waals surface area contributed by atoms with Crippen molar-refractivity contribution in [2.45, 2.75) is 49.8 Å². The number of likely N-dealkylation sites (tertiary alicyclic amines) is 1. The molecular weight excluding hydrogens is 386 g/mol. The molecule has 0 bridgehead atoms. The third-order valence-corrected chi connectivity index (χ3v) is 8.13. The van der Waals surface area contributed by atoms with Gasteiger partial charge in [-0.05, 0) is 37.8 Å². The topological polar surface area (TPSA) is 61.9 Å². The van der Waals surface area contributed by atoms with Gasteiger partial charge in [-0.3, -0.25) is 4.79 Å². The van der Waals surface area contributed by atoms with E-state index >= 15 is 0 Å². The van der Waals surface area contributed by atoms with Gasteiger partial charge >= 0.3 is 6.03 Å². The van der Waals surface area contributed by atoms with Gasteiger partial charge in [-0.1, -0.05) is 31.4 Å². The van der Waals surface area contributed by atoms with E-state index in [4.69, 9.17) is 4.74 Å². The molecule has 1 spiro atoms. The number of anilines is 1. The van der Waals surface area contributed by atoms with Gasteiger partial charge in [-0.2, -0.15) is 0 Å². The van der Waals surface area contributed by atoms with E-state index in [0.717, 1.165) is 38.0 Å². The van der Waals surface area contributed by atoms with Crippen molar-refractivity contribution in [2.24, 2.45) is 5.92 Å². The number of hydrogen-bond acceptors (Lipinski definition) is 4. The van der Waals surface area contributed by atoms with Crippen molar-refractivity contribution in [1.29, 1.82) is 0 Å². The Labute approximate surface area is 177 Å². The Bertz CT molecular complexity index is 743. The Kier molecular flexibility index (Phi) is 6.23. The second kappa shape index (κ2) is 8.86. The van der Waals surface area contributed by atoms with Crippen LogP contribution in [0.3, 0.4) is 0 Å². The summed E-state index contributed by atoms with van der Waals surface area (Å²) in [4.78, 5) is 29.9. The van der Waals surface area contributed by atoms with Crippen molar-refractivity contribution in [3.8, 4) is 5.75 Å². The Morgan fingerprint density at radius 3 is 2.55 bits per heavy atom.